The number of hydrogen-bond donors (Lipinski definition) is 1. The molecule has 2 rings (SSSR count). The fourth-order valence-corrected chi connectivity index (χ4v) is 4.08. The molecule has 0 aliphatic rings. The maximum absolute atomic E-state index is 12.6. The standard InChI is InChI=1S/C20H26N2O3S/c1-14-6-7-16(3)20(12-14)26(24,25)21-10-11-22(18(5)23)19-9-8-15(2)17(4)13-19/h6-9,12-13,21H,10-11H2,1-5H3. The maximum atomic E-state index is 12.6. The molecule has 0 spiro atoms. The second-order valence-electron chi connectivity index (χ2n) is 6.61. The zero-order valence-corrected chi connectivity index (χ0v) is 16.8. The molecule has 0 atom stereocenters. The van der Waals surface area contributed by atoms with Gasteiger partial charge in [0, 0.05) is 25.7 Å². The Hall–Kier alpha value is -2.18. The maximum Gasteiger partial charge on any atom is 0.240 e. The van der Waals surface area contributed by atoms with Crippen LogP contribution in [0.1, 0.15) is 29.2 Å². The Kier molecular flexibility index (Phi) is 6.21. The first-order valence-electron chi connectivity index (χ1n) is 8.54. The summed E-state index contributed by atoms with van der Waals surface area (Å²) in [4.78, 5) is 13.9. The molecule has 0 heterocycles. The van der Waals surface area contributed by atoms with E-state index < -0.39 is 10.0 Å². The van der Waals surface area contributed by atoms with Crippen LogP contribution in [0.2, 0.25) is 0 Å². The van der Waals surface area contributed by atoms with Gasteiger partial charge in [-0.3, -0.25) is 4.79 Å². The first kappa shape index (κ1) is 20.1. The lowest BCUT2D eigenvalue weighted by Crippen LogP contribution is -2.37. The van der Waals surface area contributed by atoms with Gasteiger partial charge in [0.15, 0.2) is 0 Å². The van der Waals surface area contributed by atoms with Crippen molar-refractivity contribution in [2.75, 3.05) is 18.0 Å². The first-order valence-corrected chi connectivity index (χ1v) is 10.0. The molecule has 1 N–H and O–H groups in total. The summed E-state index contributed by atoms with van der Waals surface area (Å²) in [6.07, 6.45) is 0. The topological polar surface area (TPSA) is 66.5 Å². The van der Waals surface area contributed by atoms with E-state index in [4.69, 9.17) is 0 Å². The Balaban J connectivity index is 2.13. The summed E-state index contributed by atoms with van der Waals surface area (Å²) in [6, 6.07) is 11.1. The molecule has 0 aromatic heterocycles. The van der Waals surface area contributed by atoms with Crippen LogP contribution in [0.15, 0.2) is 41.3 Å². The van der Waals surface area contributed by atoms with Gasteiger partial charge in [0.05, 0.1) is 4.90 Å². The summed E-state index contributed by atoms with van der Waals surface area (Å²) in [5, 5.41) is 0. The zero-order chi connectivity index (χ0) is 19.5. The highest BCUT2D eigenvalue weighted by molar-refractivity contribution is 7.89. The third-order valence-electron chi connectivity index (χ3n) is 4.44. The highest BCUT2D eigenvalue weighted by Gasteiger charge is 2.18. The number of sulfonamides is 1. The van der Waals surface area contributed by atoms with E-state index in [2.05, 4.69) is 4.72 Å². The highest BCUT2D eigenvalue weighted by Crippen LogP contribution is 2.19. The molecule has 1 amide bonds. The van der Waals surface area contributed by atoms with Crippen molar-refractivity contribution in [3.05, 3.63) is 58.7 Å². The Bertz CT molecular complexity index is 921. The minimum absolute atomic E-state index is 0.126. The van der Waals surface area contributed by atoms with E-state index in [9.17, 15) is 13.2 Å². The van der Waals surface area contributed by atoms with Gasteiger partial charge in [-0.2, -0.15) is 0 Å². The van der Waals surface area contributed by atoms with Gasteiger partial charge in [0.2, 0.25) is 15.9 Å². The number of benzene rings is 2. The molecule has 0 unspecified atom stereocenters. The SMILES string of the molecule is CC(=O)N(CCNS(=O)(=O)c1cc(C)ccc1C)c1ccc(C)c(C)c1. The number of nitrogens with zero attached hydrogens (tertiary/aromatic N) is 1. The molecular weight excluding hydrogens is 348 g/mol. The van der Waals surface area contributed by atoms with E-state index in [1.54, 1.807) is 24.0 Å². The molecule has 0 fully saturated rings. The lowest BCUT2D eigenvalue weighted by atomic mass is 10.1. The molecule has 0 bridgehead atoms. The Morgan fingerprint density at radius 1 is 0.962 bits per heavy atom. The number of hydrogen-bond acceptors (Lipinski definition) is 3. The second kappa shape index (κ2) is 8.01. The number of amides is 1. The van der Waals surface area contributed by atoms with Crippen molar-refractivity contribution >= 4 is 21.6 Å². The van der Waals surface area contributed by atoms with Crippen LogP contribution in [0.3, 0.4) is 0 Å². The molecule has 26 heavy (non-hydrogen) atoms. The van der Waals surface area contributed by atoms with Crippen LogP contribution < -0.4 is 9.62 Å². The number of carbonyl (C=O) groups is 1. The van der Waals surface area contributed by atoms with Gasteiger partial charge in [-0.25, -0.2) is 13.1 Å². The Morgan fingerprint density at radius 2 is 1.62 bits per heavy atom. The van der Waals surface area contributed by atoms with E-state index in [1.165, 1.54) is 6.92 Å². The lowest BCUT2D eigenvalue weighted by Gasteiger charge is -2.22. The monoisotopic (exact) mass is 374 g/mol. The van der Waals surface area contributed by atoms with Crippen LogP contribution in [0.5, 0.6) is 0 Å². The molecule has 140 valence electrons. The fourth-order valence-electron chi connectivity index (χ4n) is 2.73. The molecule has 0 radical (unpaired) electrons. The van der Waals surface area contributed by atoms with Crippen LogP contribution in [0.25, 0.3) is 0 Å². The zero-order valence-electron chi connectivity index (χ0n) is 16.0. The van der Waals surface area contributed by atoms with Crippen molar-refractivity contribution in [2.45, 2.75) is 39.5 Å². The van der Waals surface area contributed by atoms with Crippen molar-refractivity contribution in [3.8, 4) is 0 Å². The molecule has 5 nitrogen and oxygen atoms in total. The van der Waals surface area contributed by atoms with E-state index >= 15 is 0 Å². The molecular formula is C20H26N2O3S. The number of rotatable bonds is 6. The highest BCUT2D eigenvalue weighted by atomic mass is 32.2. The molecule has 2 aromatic carbocycles. The van der Waals surface area contributed by atoms with Crippen LogP contribution in [-0.2, 0) is 14.8 Å². The molecule has 6 heteroatoms. The number of carbonyl (C=O) groups excluding carboxylic acids is 1. The molecule has 0 aliphatic carbocycles. The summed E-state index contributed by atoms with van der Waals surface area (Å²) < 4.78 is 27.8. The van der Waals surface area contributed by atoms with Gasteiger partial charge in [0.25, 0.3) is 0 Å². The smallest absolute Gasteiger partial charge is 0.240 e. The van der Waals surface area contributed by atoms with Crippen molar-refractivity contribution in [3.63, 3.8) is 0 Å². The van der Waals surface area contributed by atoms with Gasteiger partial charge in [-0.15, -0.1) is 0 Å². The minimum Gasteiger partial charge on any atom is -0.311 e. The van der Waals surface area contributed by atoms with Crippen LogP contribution in [-0.4, -0.2) is 27.4 Å². The second-order valence-corrected chi connectivity index (χ2v) is 8.34. The number of nitrogens with one attached hydrogen (secondary N) is 1. The van der Waals surface area contributed by atoms with Crippen molar-refractivity contribution in [1.82, 2.24) is 4.72 Å². The van der Waals surface area contributed by atoms with Gasteiger partial charge in [0.1, 0.15) is 0 Å². The van der Waals surface area contributed by atoms with E-state index in [0.717, 1.165) is 22.4 Å². The molecule has 0 saturated carbocycles. The van der Waals surface area contributed by atoms with E-state index in [-0.39, 0.29) is 23.9 Å². The average Bonchev–Trinajstić information content (AvgIpc) is 2.56. The molecule has 2 aromatic rings. The first-order chi connectivity index (χ1) is 12.1. The minimum atomic E-state index is -3.62. The van der Waals surface area contributed by atoms with E-state index in [1.807, 2.05) is 45.0 Å². The van der Waals surface area contributed by atoms with E-state index in [0.29, 0.717) is 5.56 Å². The van der Waals surface area contributed by atoms with Gasteiger partial charge in [-0.05, 0) is 68.1 Å². The summed E-state index contributed by atoms with van der Waals surface area (Å²) in [6.45, 7) is 9.51. The number of anilines is 1. The van der Waals surface area contributed by atoms with Gasteiger partial charge < -0.3 is 4.90 Å². The van der Waals surface area contributed by atoms with Crippen LogP contribution in [0.4, 0.5) is 5.69 Å². The number of aryl methyl sites for hydroxylation is 4. The quantitative estimate of drug-likeness (QED) is 0.844. The Labute approximate surface area is 156 Å². The van der Waals surface area contributed by atoms with Crippen molar-refractivity contribution < 1.29 is 13.2 Å². The van der Waals surface area contributed by atoms with Crippen molar-refractivity contribution in [1.29, 1.82) is 0 Å². The Morgan fingerprint density at radius 3 is 2.23 bits per heavy atom. The summed E-state index contributed by atoms with van der Waals surface area (Å²) in [5.41, 5.74) is 4.58. The van der Waals surface area contributed by atoms with Gasteiger partial charge >= 0.3 is 0 Å². The normalized spacial score (nSPS) is 11.4. The fraction of sp³-hybridized carbons (Fsp3) is 0.350. The third kappa shape index (κ3) is 4.71. The third-order valence-corrected chi connectivity index (χ3v) is 6.05. The summed E-state index contributed by atoms with van der Waals surface area (Å²) >= 11 is 0. The van der Waals surface area contributed by atoms with Crippen molar-refractivity contribution in [2.24, 2.45) is 0 Å². The lowest BCUT2D eigenvalue weighted by molar-refractivity contribution is -0.116. The summed E-state index contributed by atoms with van der Waals surface area (Å²) in [5.74, 6) is -0.126. The largest absolute Gasteiger partial charge is 0.311 e. The molecule has 0 aliphatic heterocycles. The summed E-state index contributed by atoms with van der Waals surface area (Å²) in [7, 11) is -3.62. The van der Waals surface area contributed by atoms with Gasteiger partial charge in [-0.1, -0.05) is 18.2 Å². The predicted octanol–water partition coefficient (Wildman–Crippen LogP) is 3.25. The van der Waals surface area contributed by atoms with Crippen LogP contribution >= 0.6 is 0 Å². The average molecular weight is 375 g/mol. The van der Waals surface area contributed by atoms with Crippen LogP contribution in [0, 0.1) is 27.7 Å². The molecule has 0 saturated heterocycles. The predicted molar refractivity (Wildman–Crippen MR) is 105 cm³/mol.